The number of hydrogen-bond acceptors (Lipinski definition) is 8. The second-order valence-electron chi connectivity index (χ2n) is 8.57. The van der Waals surface area contributed by atoms with Crippen molar-refractivity contribution in [3.05, 3.63) is 70.8 Å². The van der Waals surface area contributed by atoms with Gasteiger partial charge in [-0.25, -0.2) is 0 Å². The Balaban J connectivity index is 1.50. The van der Waals surface area contributed by atoms with Crippen molar-refractivity contribution in [2.45, 2.75) is 13.8 Å². The van der Waals surface area contributed by atoms with Crippen molar-refractivity contribution in [2.75, 3.05) is 14.2 Å². The summed E-state index contributed by atoms with van der Waals surface area (Å²) in [4.78, 5) is 14.1. The predicted molar refractivity (Wildman–Crippen MR) is 168 cm³/mol. The maximum Gasteiger partial charge on any atom is 0.163 e. The van der Waals surface area contributed by atoms with Gasteiger partial charge in [0.25, 0.3) is 0 Å². The molecular formula is C24H24N22O4. The molecule has 0 bridgehead atoms. The molecule has 0 radical (unpaired) electrons. The lowest BCUT2D eigenvalue weighted by molar-refractivity contribution is 0.302. The molecule has 3 aromatic carbocycles. The molecule has 0 aliphatic carbocycles. The van der Waals surface area contributed by atoms with E-state index in [4.69, 9.17) is 9.57 Å². The van der Waals surface area contributed by atoms with E-state index in [1.165, 1.54) is 44.8 Å². The second-order valence-corrected chi connectivity index (χ2v) is 8.57. The van der Waals surface area contributed by atoms with E-state index < -0.39 is 0 Å². The topological polar surface area (TPSA) is 331 Å². The maximum absolute atomic E-state index is 10.5. The van der Waals surface area contributed by atoms with Crippen LogP contribution in [0.2, 0.25) is 0 Å². The third-order valence-electron chi connectivity index (χ3n) is 5.47. The molecule has 0 amide bonds. The lowest BCUT2D eigenvalue weighted by Gasteiger charge is -2.07. The van der Waals surface area contributed by atoms with Crippen LogP contribution in [0.1, 0.15) is 22.3 Å². The number of rotatable bonds is 16. The van der Waals surface area contributed by atoms with Crippen molar-refractivity contribution < 1.29 is 19.8 Å². The quantitative estimate of drug-likeness (QED) is 0.0846. The van der Waals surface area contributed by atoms with Gasteiger partial charge < -0.3 is 19.8 Å². The number of ether oxygens (including phenoxy) is 1. The summed E-state index contributed by atoms with van der Waals surface area (Å²) in [6.07, 6.45) is 3.00. The van der Waals surface area contributed by atoms with Gasteiger partial charge in [0.15, 0.2) is 5.75 Å². The number of aliphatic imine (C=N–C) groups is 2. The van der Waals surface area contributed by atoms with Crippen LogP contribution in [0.15, 0.2) is 163 Å². The Hall–Kier alpha value is -7.80. The van der Waals surface area contributed by atoms with Gasteiger partial charge in [0.1, 0.15) is 17.2 Å². The number of benzene rings is 3. The first-order valence-electron chi connectivity index (χ1n) is 13.4. The summed E-state index contributed by atoms with van der Waals surface area (Å²) in [5.41, 5.74) is 3.99. The number of phenols is 2. The summed E-state index contributed by atoms with van der Waals surface area (Å²) in [6, 6.07) is 13.0. The van der Waals surface area contributed by atoms with E-state index in [1.54, 1.807) is 18.2 Å². The molecule has 0 saturated heterocycles. The Morgan fingerprint density at radius 2 is 0.880 bits per heavy atom. The van der Waals surface area contributed by atoms with E-state index >= 15 is 0 Å². The first-order valence-corrected chi connectivity index (χ1v) is 13.4. The van der Waals surface area contributed by atoms with Gasteiger partial charge in [-0.1, -0.05) is 0 Å². The van der Waals surface area contributed by atoms with Gasteiger partial charge in [-0.2, -0.15) is 5.11 Å². The second kappa shape index (κ2) is 21.1. The first kappa shape index (κ1) is 36.7. The molecule has 0 spiro atoms. The highest BCUT2D eigenvalue weighted by Crippen LogP contribution is 2.32. The van der Waals surface area contributed by atoms with E-state index in [0.717, 1.165) is 11.1 Å². The average Bonchev–Trinajstić information content (AvgIpc) is 3.11. The molecule has 26 nitrogen and oxygen atoms in total. The van der Waals surface area contributed by atoms with Crippen molar-refractivity contribution >= 4 is 23.8 Å². The highest BCUT2D eigenvalue weighted by Gasteiger charge is 2.07. The third kappa shape index (κ3) is 13.3. The van der Waals surface area contributed by atoms with Crippen molar-refractivity contribution in [1.82, 2.24) is 0 Å². The molecule has 2 N–H and O–H groups in total. The Labute approximate surface area is 279 Å². The first-order chi connectivity index (χ1) is 24.4. The van der Waals surface area contributed by atoms with Crippen LogP contribution >= 0.6 is 0 Å². The van der Waals surface area contributed by atoms with Gasteiger partial charge in [-0.15, -0.1) is 0 Å². The van der Waals surface area contributed by atoms with Crippen LogP contribution in [0.3, 0.4) is 0 Å². The summed E-state index contributed by atoms with van der Waals surface area (Å²) < 4.78 is 5.12. The number of phenolic OH excluding ortho intramolecular Hbond substituents is 2. The molecule has 0 fully saturated rings. The van der Waals surface area contributed by atoms with Crippen LogP contribution < -0.4 is 9.57 Å². The molecule has 0 aliphatic rings. The van der Waals surface area contributed by atoms with E-state index in [9.17, 15) is 10.2 Å². The number of aromatic hydroxyl groups is 2. The largest absolute Gasteiger partial charge is 0.507 e. The molecule has 254 valence electrons. The monoisotopic (exact) mass is 684 g/mol. The Morgan fingerprint density at radius 3 is 1.28 bits per heavy atom. The molecule has 0 heterocycles. The summed E-state index contributed by atoms with van der Waals surface area (Å²) in [6.45, 7) is 3.90. The molecule has 3 rings (SSSR count). The van der Waals surface area contributed by atoms with E-state index in [1.807, 2.05) is 26.0 Å². The van der Waals surface area contributed by atoms with Gasteiger partial charge in [-0.05, 0) is 103 Å². The van der Waals surface area contributed by atoms with Crippen LogP contribution in [0.4, 0.5) is 11.4 Å². The lowest BCUT2D eigenvalue weighted by atomic mass is 10.1. The van der Waals surface area contributed by atoms with Crippen molar-refractivity contribution in [1.29, 1.82) is 0 Å². The SMILES string of the molecule is CN=NN=NN=NN=NN=NN=NN=NN=NN=NN=NOc1ccc(C=Nc2cc(C)c(C)cc2N=Cc2ccc(OC)cc2O)c(O)c1. The molecular weight excluding hydrogens is 660 g/mol. The normalized spacial score (nSPS) is 13.2. The van der Waals surface area contributed by atoms with E-state index in [-0.39, 0.29) is 17.2 Å². The highest BCUT2D eigenvalue weighted by atomic mass is 16.6. The van der Waals surface area contributed by atoms with E-state index in [0.29, 0.717) is 28.3 Å². The fraction of sp³-hybridized carbons (Fsp3) is 0.167. The Morgan fingerprint density at radius 1 is 0.500 bits per heavy atom. The van der Waals surface area contributed by atoms with E-state index in [2.05, 4.69) is 114 Å². The van der Waals surface area contributed by atoms with Crippen LogP contribution in [0, 0.1) is 13.8 Å². The number of methoxy groups -OCH3 is 1. The number of nitrogens with zero attached hydrogens (tertiary/aromatic N) is 22. The fourth-order valence-electron chi connectivity index (χ4n) is 3.13. The molecule has 0 saturated carbocycles. The lowest BCUT2D eigenvalue weighted by Crippen LogP contribution is -1.88. The van der Waals surface area contributed by atoms with Gasteiger partial charge in [0.05, 0.1) is 30.8 Å². The van der Waals surface area contributed by atoms with Gasteiger partial charge in [-0.3, -0.25) is 9.98 Å². The molecule has 0 aliphatic heterocycles. The summed E-state index contributed by atoms with van der Waals surface area (Å²) in [7, 11) is 2.90. The standard InChI is InChI=1S/C24H24N22O4/c1-15-9-21(26-13-17-5-7-19(49-4)11-23(17)47)22(10-16(15)2)27-14-18-6-8-20(12-24(18)48)50-46-45-44-43-42-41-40-39-38-37-36-35-34-33-32-31-30-29-28-25-3/h5-14,47-48H,1-4H3. The molecule has 0 unspecified atom stereocenters. The minimum Gasteiger partial charge on any atom is -0.507 e. The van der Waals surface area contributed by atoms with Crippen LogP contribution in [-0.2, 0) is 0 Å². The predicted octanol–water partition coefficient (Wildman–Crippen LogP) is 8.91. The molecule has 26 heteroatoms. The zero-order valence-corrected chi connectivity index (χ0v) is 26.3. The number of hydrogen-bond donors (Lipinski definition) is 2. The van der Waals surface area contributed by atoms with Crippen LogP contribution in [-0.4, -0.2) is 36.8 Å². The molecule has 0 aromatic heterocycles. The van der Waals surface area contributed by atoms with Gasteiger partial charge in [0.2, 0.25) is 0 Å². The summed E-state index contributed by atoms with van der Waals surface area (Å²) >= 11 is 0. The summed E-state index contributed by atoms with van der Waals surface area (Å²) in [5, 5.41) is 83.1. The molecule has 0 atom stereocenters. The zero-order chi connectivity index (χ0) is 35.8. The minimum atomic E-state index is -0.149. The fourth-order valence-corrected chi connectivity index (χ4v) is 3.13. The van der Waals surface area contributed by atoms with Gasteiger partial charge >= 0.3 is 0 Å². The Bertz CT molecular complexity index is 1950. The third-order valence-corrected chi connectivity index (χ3v) is 5.47. The van der Waals surface area contributed by atoms with Crippen molar-refractivity contribution in [3.8, 4) is 23.0 Å². The molecule has 3 aromatic rings. The average molecular weight is 685 g/mol. The number of aryl methyl sites for hydroxylation is 2. The van der Waals surface area contributed by atoms with Crippen LogP contribution in [0.25, 0.3) is 0 Å². The zero-order valence-electron chi connectivity index (χ0n) is 26.3. The summed E-state index contributed by atoms with van der Waals surface area (Å²) in [5.74, 6) is 0.534. The maximum atomic E-state index is 10.5. The highest BCUT2D eigenvalue weighted by molar-refractivity contribution is 5.90. The van der Waals surface area contributed by atoms with Crippen LogP contribution in [0.5, 0.6) is 23.0 Å². The van der Waals surface area contributed by atoms with Crippen molar-refractivity contribution in [3.63, 3.8) is 0 Å². The van der Waals surface area contributed by atoms with Gasteiger partial charge in [0, 0.05) is 87.9 Å². The Kier molecular flexibility index (Phi) is 15.5. The van der Waals surface area contributed by atoms with Crippen molar-refractivity contribution in [2.24, 2.45) is 114 Å². The smallest absolute Gasteiger partial charge is 0.163 e. The minimum absolute atomic E-state index is 0.0213. The molecule has 50 heavy (non-hydrogen) atoms.